The first kappa shape index (κ1) is 22.6. The SMILES string of the molecule is CCC(=O)N(c1ccccc1)C1CC(C)N(C(=O)c2cc(-c3ccccc3)no2)c2ccccc21. The number of carbonyl (C=O) groups excluding carboxylic acids is 2. The Morgan fingerprint density at radius 2 is 1.63 bits per heavy atom. The first-order valence-electron chi connectivity index (χ1n) is 11.9. The first-order valence-corrected chi connectivity index (χ1v) is 11.9. The van der Waals surface area contributed by atoms with Crippen molar-refractivity contribution in [1.29, 1.82) is 0 Å². The summed E-state index contributed by atoms with van der Waals surface area (Å²) in [5, 5.41) is 4.13. The molecule has 3 aromatic carbocycles. The number of aromatic nitrogens is 1. The van der Waals surface area contributed by atoms with Gasteiger partial charge in [-0.2, -0.15) is 0 Å². The van der Waals surface area contributed by atoms with Crippen LogP contribution in [0.5, 0.6) is 0 Å². The van der Waals surface area contributed by atoms with E-state index in [0.29, 0.717) is 18.5 Å². The zero-order chi connectivity index (χ0) is 24.4. The molecule has 2 amide bonds. The Morgan fingerprint density at radius 1 is 0.971 bits per heavy atom. The smallest absolute Gasteiger partial charge is 0.297 e. The molecule has 1 aliphatic heterocycles. The van der Waals surface area contributed by atoms with Gasteiger partial charge in [-0.05, 0) is 37.1 Å². The van der Waals surface area contributed by atoms with E-state index in [1.54, 1.807) is 11.0 Å². The van der Waals surface area contributed by atoms with Crippen LogP contribution < -0.4 is 9.80 Å². The highest BCUT2D eigenvalue weighted by Crippen LogP contribution is 2.43. The van der Waals surface area contributed by atoms with Gasteiger partial charge in [0.1, 0.15) is 5.69 Å². The minimum absolute atomic E-state index is 0.0470. The maximum absolute atomic E-state index is 13.7. The van der Waals surface area contributed by atoms with Crippen LogP contribution in [0.15, 0.2) is 95.5 Å². The average molecular weight is 466 g/mol. The van der Waals surface area contributed by atoms with Gasteiger partial charge in [0.05, 0.1) is 6.04 Å². The number of rotatable bonds is 5. The van der Waals surface area contributed by atoms with Gasteiger partial charge in [0.25, 0.3) is 5.91 Å². The Morgan fingerprint density at radius 3 is 2.34 bits per heavy atom. The molecule has 2 heterocycles. The van der Waals surface area contributed by atoms with Gasteiger partial charge < -0.3 is 14.3 Å². The molecular formula is C29H27N3O3. The third-order valence-electron chi connectivity index (χ3n) is 6.49. The van der Waals surface area contributed by atoms with Gasteiger partial charge in [-0.25, -0.2) is 0 Å². The van der Waals surface area contributed by atoms with Crippen LogP contribution in [0.4, 0.5) is 11.4 Å². The Kier molecular flexibility index (Phi) is 6.19. The Bertz CT molecular complexity index is 1330. The summed E-state index contributed by atoms with van der Waals surface area (Å²) in [5.74, 6) is -0.00890. The van der Waals surface area contributed by atoms with Crippen LogP contribution in [0, 0.1) is 0 Å². The minimum Gasteiger partial charge on any atom is -0.350 e. The molecule has 0 saturated carbocycles. The van der Waals surface area contributed by atoms with E-state index in [-0.39, 0.29) is 29.7 Å². The molecule has 0 saturated heterocycles. The van der Waals surface area contributed by atoms with Crippen LogP contribution in [-0.2, 0) is 4.79 Å². The molecule has 1 aromatic heterocycles. The summed E-state index contributed by atoms with van der Waals surface area (Å²) in [5.41, 5.74) is 4.08. The highest BCUT2D eigenvalue weighted by atomic mass is 16.5. The van der Waals surface area contributed by atoms with E-state index in [4.69, 9.17) is 4.52 Å². The lowest BCUT2D eigenvalue weighted by atomic mass is 9.89. The number of fused-ring (bicyclic) bond motifs is 1. The first-order chi connectivity index (χ1) is 17.1. The lowest BCUT2D eigenvalue weighted by Gasteiger charge is -2.43. The van der Waals surface area contributed by atoms with E-state index in [0.717, 1.165) is 22.5 Å². The summed E-state index contributed by atoms with van der Waals surface area (Å²) in [7, 11) is 0. The number of carbonyl (C=O) groups is 2. The fraction of sp³-hybridized carbons (Fsp3) is 0.207. The number of benzene rings is 3. The third-order valence-corrected chi connectivity index (χ3v) is 6.49. The molecule has 0 fully saturated rings. The molecule has 6 nitrogen and oxygen atoms in total. The molecule has 0 N–H and O–H groups in total. The Hall–Kier alpha value is -4.19. The molecule has 0 radical (unpaired) electrons. The highest BCUT2D eigenvalue weighted by molar-refractivity contribution is 6.06. The van der Waals surface area contributed by atoms with Gasteiger partial charge in [0.15, 0.2) is 0 Å². The third kappa shape index (κ3) is 4.23. The molecule has 0 bridgehead atoms. The van der Waals surface area contributed by atoms with E-state index in [1.807, 2.05) is 104 Å². The van der Waals surface area contributed by atoms with E-state index in [1.165, 1.54) is 0 Å². The van der Waals surface area contributed by atoms with Gasteiger partial charge in [-0.1, -0.05) is 78.8 Å². The van der Waals surface area contributed by atoms with E-state index in [2.05, 4.69) is 5.16 Å². The van der Waals surface area contributed by atoms with E-state index >= 15 is 0 Å². The number of nitrogens with zero attached hydrogens (tertiary/aromatic N) is 3. The number of hydrogen-bond acceptors (Lipinski definition) is 4. The zero-order valence-electron chi connectivity index (χ0n) is 19.8. The molecule has 4 aromatic rings. The largest absolute Gasteiger partial charge is 0.350 e. The van der Waals surface area contributed by atoms with Crippen molar-refractivity contribution >= 4 is 23.2 Å². The van der Waals surface area contributed by atoms with Gasteiger partial charge in [0.2, 0.25) is 11.7 Å². The predicted octanol–water partition coefficient (Wildman–Crippen LogP) is 6.26. The second-order valence-electron chi connectivity index (χ2n) is 8.73. The van der Waals surface area contributed by atoms with Crippen molar-refractivity contribution < 1.29 is 14.1 Å². The average Bonchev–Trinajstić information content (AvgIpc) is 3.40. The highest BCUT2D eigenvalue weighted by Gasteiger charge is 2.39. The number of amides is 2. The van der Waals surface area contributed by atoms with Crippen LogP contribution in [0.1, 0.15) is 48.8 Å². The maximum atomic E-state index is 13.7. The van der Waals surface area contributed by atoms with Crippen molar-refractivity contribution in [2.45, 2.75) is 38.8 Å². The Balaban J connectivity index is 1.52. The van der Waals surface area contributed by atoms with Gasteiger partial charge in [-0.3, -0.25) is 9.59 Å². The lowest BCUT2D eigenvalue weighted by Crippen LogP contribution is -2.47. The molecule has 5 rings (SSSR count). The summed E-state index contributed by atoms with van der Waals surface area (Å²) >= 11 is 0. The quantitative estimate of drug-likeness (QED) is 0.349. The van der Waals surface area contributed by atoms with Gasteiger partial charge >= 0.3 is 0 Å². The van der Waals surface area contributed by atoms with Gasteiger partial charge in [0, 0.05) is 35.5 Å². The summed E-state index contributed by atoms with van der Waals surface area (Å²) < 4.78 is 5.49. The molecule has 35 heavy (non-hydrogen) atoms. The topological polar surface area (TPSA) is 66.7 Å². The molecule has 1 aliphatic rings. The van der Waals surface area contributed by atoms with E-state index < -0.39 is 0 Å². The molecule has 2 atom stereocenters. The number of anilines is 2. The van der Waals surface area contributed by atoms with Crippen LogP contribution in [0.2, 0.25) is 0 Å². The van der Waals surface area contributed by atoms with Crippen LogP contribution in [0.3, 0.4) is 0 Å². The standard InChI is InChI=1S/C29H27N3O3/c1-3-28(33)32(22-14-8-5-9-15-22)26-18-20(2)31(25-17-11-10-16-23(25)26)29(34)27-19-24(30-35-27)21-12-6-4-7-13-21/h4-17,19-20,26H,3,18H2,1-2H3. The van der Waals surface area contributed by atoms with Crippen molar-refractivity contribution in [3.8, 4) is 11.3 Å². The minimum atomic E-state index is -0.244. The second kappa shape index (κ2) is 9.58. The summed E-state index contributed by atoms with van der Waals surface area (Å²) in [4.78, 5) is 30.4. The predicted molar refractivity (Wildman–Crippen MR) is 136 cm³/mol. The van der Waals surface area contributed by atoms with Crippen molar-refractivity contribution in [3.05, 3.63) is 102 Å². The number of hydrogen-bond donors (Lipinski definition) is 0. The van der Waals surface area contributed by atoms with Crippen molar-refractivity contribution in [3.63, 3.8) is 0 Å². The van der Waals surface area contributed by atoms with Crippen LogP contribution in [-0.4, -0.2) is 23.0 Å². The normalized spacial score (nSPS) is 17.0. The lowest BCUT2D eigenvalue weighted by molar-refractivity contribution is -0.118. The maximum Gasteiger partial charge on any atom is 0.297 e. The van der Waals surface area contributed by atoms with Crippen LogP contribution in [0.25, 0.3) is 11.3 Å². The fourth-order valence-corrected chi connectivity index (χ4v) is 4.83. The van der Waals surface area contributed by atoms with E-state index in [9.17, 15) is 9.59 Å². The van der Waals surface area contributed by atoms with Gasteiger partial charge in [-0.15, -0.1) is 0 Å². The summed E-state index contributed by atoms with van der Waals surface area (Å²) in [6, 6.07) is 28.5. The Labute approximate surface area is 204 Å². The zero-order valence-corrected chi connectivity index (χ0v) is 19.8. The number of para-hydroxylation sites is 2. The van der Waals surface area contributed by atoms with Crippen molar-refractivity contribution in [2.24, 2.45) is 0 Å². The molecule has 0 spiro atoms. The monoisotopic (exact) mass is 465 g/mol. The second-order valence-corrected chi connectivity index (χ2v) is 8.73. The molecular weight excluding hydrogens is 438 g/mol. The summed E-state index contributed by atoms with van der Waals surface area (Å²) in [6.07, 6.45) is 0.994. The van der Waals surface area contributed by atoms with Crippen LogP contribution >= 0.6 is 0 Å². The van der Waals surface area contributed by atoms with Crippen molar-refractivity contribution in [2.75, 3.05) is 9.80 Å². The van der Waals surface area contributed by atoms with Crippen molar-refractivity contribution in [1.82, 2.24) is 5.16 Å². The molecule has 0 aliphatic carbocycles. The molecule has 2 unspecified atom stereocenters. The fourth-order valence-electron chi connectivity index (χ4n) is 4.83. The summed E-state index contributed by atoms with van der Waals surface area (Å²) in [6.45, 7) is 3.88. The molecule has 6 heteroatoms. The molecule has 176 valence electrons.